The molecule has 1 unspecified atom stereocenters. The van der Waals surface area contributed by atoms with Gasteiger partial charge in [0.05, 0.1) is 0 Å². The summed E-state index contributed by atoms with van der Waals surface area (Å²) in [4.78, 5) is 2.32. The molecule has 0 spiro atoms. The van der Waals surface area contributed by atoms with E-state index in [-0.39, 0.29) is 6.04 Å². The second kappa shape index (κ2) is 6.27. The average Bonchev–Trinajstić information content (AvgIpc) is 2.83. The van der Waals surface area contributed by atoms with Gasteiger partial charge in [0.1, 0.15) is 0 Å². The van der Waals surface area contributed by atoms with Gasteiger partial charge in [0.25, 0.3) is 0 Å². The third-order valence-electron chi connectivity index (χ3n) is 3.11. The minimum Gasteiger partial charge on any atom is -0.323 e. The Balaban J connectivity index is 2.35. The first-order chi connectivity index (χ1) is 9.02. The van der Waals surface area contributed by atoms with Crippen molar-refractivity contribution in [3.63, 3.8) is 0 Å². The Bertz CT molecular complexity index is 578. The zero-order valence-corrected chi connectivity index (χ0v) is 13.4. The van der Waals surface area contributed by atoms with Gasteiger partial charge in [-0.2, -0.15) is 0 Å². The number of nitrogens with two attached hydrogens (primary N) is 1. The lowest BCUT2D eigenvalue weighted by Crippen LogP contribution is -2.07. The van der Waals surface area contributed by atoms with Gasteiger partial charge in [-0.3, -0.25) is 0 Å². The van der Waals surface area contributed by atoms with Gasteiger partial charge in [-0.15, -0.1) is 11.3 Å². The largest absolute Gasteiger partial charge is 0.323 e. The number of halogens is 2. The van der Waals surface area contributed by atoms with Crippen LogP contribution < -0.4 is 5.73 Å². The van der Waals surface area contributed by atoms with Gasteiger partial charge in [0, 0.05) is 31.4 Å². The summed E-state index contributed by atoms with van der Waals surface area (Å²) in [5.74, 6) is 0. The molecule has 19 heavy (non-hydrogen) atoms. The molecule has 0 saturated heterocycles. The number of rotatable bonds is 4. The van der Waals surface area contributed by atoms with Crippen LogP contribution in [0.5, 0.6) is 0 Å². The topological polar surface area (TPSA) is 26.0 Å². The molecule has 0 aliphatic rings. The standard InChI is InChI=1S/C15H17Cl2NS/c1-3-4-13(18)15-6-5-14(19-15)10-8-11(16)9(2)7-12(10)17/h5-8,13H,3-4,18H2,1-2H3. The van der Waals surface area contributed by atoms with E-state index < -0.39 is 0 Å². The van der Waals surface area contributed by atoms with Gasteiger partial charge in [0.15, 0.2) is 0 Å². The molecule has 2 aromatic rings. The van der Waals surface area contributed by atoms with E-state index in [9.17, 15) is 0 Å². The number of hydrogen-bond acceptors (Lipinski definition) is 2. The summed E-state index contributed by atoms with van der Waals surface area (Å²) in [5, 5.41) is 1.48. The third kappa shape index (κ3) is 3.32. The molecule has 1 aromatic heterocycles. The SMILES string of the molecule is CCCC(N)c1ccc(-c2cc(Cl)c(C)cc2Cl)s1. The molecule has 0 amide bonds. The van der Waals surface area contributed by atoms with Crippen molar-refractivity contribution in [2.24, 2.45) is 5.73 Å². The van der Waals surface area contributed by atoms with Crippen LogP contribution in [0.3, 0.4) is 0 Å². The second-order valence-electron chi connectivity index (χ2n) is 4.68. The van der Waals surface area contributed by atoms with E-state index in [0.717, 1.165) is 38.9 Å². The smallest absolute Gasteiger partial charge is 0.0496 e. The van der Waals surface area contributed by atoms with Gasteiger partial charge in [-0.25, -0.2) is 0 Å². The highest BCUT2D eigenvalue weighted by Crippen LogP contribution is 2.38. The lowest BCUT2D eigenvalue weighted by atomic mass is 10.1. The number of hydrogen-bond donors (Lipinski definition) is 1. The molecule has 0 aliphatic heterocycles. The maximum Gasteiger partial charge on any atom is 0.0496 e. The number of thiophene rings is 1. The van der Waals surface area contributed by atoms with E-state index >= 15 is 0 Å². The van der Waals surface area contributed by atoms with E-state index in [1.165, 1.54) is 4.88 Å². The summed E-state index contributed by atoms with van der Waals surface area (Å²) in [5.41, 5.74) is 8.12. The Morgan fingerprint density at radius 1 is 1.21 bits per heavy atom. The fraction of sp³-hybridized carbons (Fsp3) is 0.333. The summed E-state index contributed by atoms with van der Waals surface area (Å²) < 4.78 is 0. The van der Waals surface area contributed by atoms with Crippen molar-refractivity contribution >= 4 is 34.5 Å². The summed E-state index contributed by atoms with van der Waals surface area (Å²) in [6.45, 7) is 4.10. The molecule has 0 aliphatic carbocycles. The van der Waals surface area contributed by atoms with E-state index in [4.69, 9.17) is 28.9 Å². The lowest BCUT2D eigenvalue weighted by molar-refractivity contribution is 0.648. The Morgan fingerprint density at radius 3 is 2.63 bits per heavy atom. The van der Waals surface area contributed by atoms with Crippen molar-refractivity contribution in [1.82, 2.24) is 0 Å². The summed E-state index contributed by atoms with van der Waals surface area (Å²) in [6, 6.07) is 8.11. The Hall–Kier alpha value is -0.540. The van der Waals surface area contributed by atoms with Crippen LogP contribution in [-0.2, 0) is 0 Å². The first-order valence-corrected chi connectivity index (χ1v) is 7.91. The zero-order chi connectivity index (χ0) is 14.0. The van der Waals surface area contributed by atoms with E-state index in [1.54, 1.807) is 11.3 Å². The van der Waals surface area contributed by atoms with Crippen molar-refractivity contribution in [2.45, 2.75) is 32.7 Å². The van der Waals surface area contributed by atoms with Crippen LogP contribution >= 0.6 is 34.5 Å². The normalized spacial score (nSPS) is 12.7. The lowest BCUT2D eigenvalue weighted by Gasteiger charge is -2.07. The van der Waals surface area contributed by atoms with E-state index in [1.807, 2.05) is 19.1 Å². The van der Waals surface area contributed by atoms with Crippen molar-refractivity contribution in [1.29, 1.82) is 0 Å². The molecule has 0 bridgehead atoms. The molecule has 0 saturated carbocycles. The highest BCUT2D eigenvalue weighted by Gasteiger charge is 2.12. The van der Waals surface area contributed by atoms with Crippen LogP contribution in [0.2, 0.25) is 10.0 Å². The van der Waals surface area contributed by atoms with Crippen LogP contribution in [0, 0.1) is 6.92 Å². The first-order valence-electron chi connectivity index (χ1n) is 6.34. The molecule has 1 nitrogen and oxygen atoms in total. The number of benzene rings is 1. The molecular formula is C15H17Cl2NS. The van der Waals surface area contributed by atoms with Crippen molar-refractivity contribution < 1.29 is 0 Å². The predicted molar refractivity (Wildman–Crippen MR) is 86.3 cm³/mol. The molecule has 102 valence electrons. The van der Waals surface area contributed by atoms with Crippen molar-refractivity contribution in [3.8, 4) is 10.4 Å². The van der Waals surface area contributed by atoms with Crippen LogP contribution in [0.15, 0.2) is 24.3 Å². The molecule has 1 heterocycles. The average molecular weight is 314 g/mol. The fourth-order valence-electron chi connectivity index (χ4n) is 1.99. The molecular weight excluding hydrogens is 297 g/mol. The summed E-state index contributed by atoms with van der Waals surface area (Å²) in [7, 11) is 0. The van der Waals surface area contributed by atoms with Crippen LogP contribution in [0.4, 0.5) is 0 Å². The molecule has 4 heteroatoms. The van der Waals surface area contributed by atoms with Gasteiger partial charge in [-0.05, 0) is 43.2 Å². The van der Waals surface area contributed by atoms with E-state index in [0.29, 0.717) is 0 Å². The highest BCUT2D eigenvalue weighted by molar-refractivity contribution is 7.15. The molecule has 2 N–H and O–H groups in total. The Kier molecular flexibility index (Phi) is 4.91. The van der Waals surface area contributed by atoms with Gasteiger partial charge >= 0.3 is 0 Å². The van der Waals surface area contributed by atoms with Gasteiger partial charge in [-0.1, -0.05) is 36.5 Å². The van der Waals surface area contributed by atoms with Crippen molar-refractivity contribution in [3.05, 3.63) is 44.8 Å². The molecule has 0 fully saturated rings. The van der Waals surface area contributed by atoms with Crippen molar-refractivity contribution in [2.75, 3.05) is 0 Å². The summed E-state index contributed by atoms with van der Waals surface area (Å²) >= 11 is 14.2. The minimum atomic E-state index is 0.114. The molecule has 1 aromatic carbocycles. The monoisotopic (exact) mass is 313 g/mol. The van der Waals surface area contributed by atoms with Crippen LogP contribution in [0.25, 0.3) is 10.4 Å². The second-order valence-corrected chi connectivity index (χ2v) is 6.61. The van der Waals surface area contributed by atoms with Gasteiger partial charge in [0.2, 0.25) is 0 Å². The highest BCUT2D eigenvalue weighted by atomic mass is 35.5. The molecule has 0 radical (unpaired) electrons. The number of aryl methyl sites for hydroxylation is 1. The minimum absolute atomic E-state index is 0.114. The van der Waals surface area contributed by atoms with Crippen LogP contribution in [0.1, 0.15) is 36.2 Å². The molecule has 1 atom stereocenters. The quantitative estimate of drug-likeness (QED) is 0.755. The Labute approximate surface area is 128 Å². The first kappa shape index (κ1) is 14.9. The maximum atomic E-state index is 6.30. The van der Waals surface area contributed by atoms with Gasteiger partial charge < -0.3 is 5.73 Å². The van der Waals surface area contributed by atoms with Crippen LogP contribution in [-0.4, -0.2) is 0 Å². The fourth-order valence-corrected chi connectivity index (χ4v) is 3.60. The third-order valence-corrected chi connectivity index (χ3v) is 5.08. The van der Waals surface area contributed by atoms with E-state index in [2.05, 4.69) is 19.1 Å². The Morgan fingerprint density at radius 2 is 1.95 bits per heavy atom. The maximum absolute atomic E-state index is 6.30. The molecule has 2 rings (SSSR count). The zero-order valence-electron chi connectivity index (χ0n) is 11.0. The summed E-state index contributed by atoms with van der Waals surface area (Å²) in [6.07, 6.45) is 2.09. The predicted octanol–water partition coefficient (Wildman–Crippen LogP) is 5.83.